The molecule has 32 heavy (non-hydrogen) atoms. The lowest BCUT2D eigenvalue weighted by molar-refractivity contribution is -0.129. The van der Waals surface area contributed by atoms with Crippen LogP contribution in [0.4, 0.5) is 10.5 Å². The van der Waals surface area contributed by atoms with E-state index >= 15 is 0 Å². The van der Waals surface area contributed by atoms with E-state index in [1.54, 1.807) is 29.2 Å². The topological polar surface area (TPSA) is 133 Å². The number of anilines is 1. The Balaban J connectivity index is 1.60. The van der Waals surface area contributed by atoms with Crippen LogP contribution in [0.3, 0.4) is 0 Å². The number of nitrogens with one attached hydrogen (secondary N) is 1. The van der Waals surface area contributed by atoms with Crippen LogP contribution < -0.4 is 20.7 Å². The van der Waals surface area contributed by atoms with Gasteiger partial charge in [-0.1, -0.05) is 17.3 Å². The third-order valence-corrected chi connectivity index (χ3v) is 6.13. The number of ether oxygens (including phenoxy) is 3. The number of carbonyl (C=O) groups is 3. The lowest BCUT2D eigenvalue weighted by Gasteiger charge is -2.33. The fourth-order valence-corrected chi connectivity index (χ4v) is 4.41. The highest BCUT2D eigenvalue weighted by Gasteiger charge is 2.51. The second-order valence-corrected chi connectivity index (χ2v) is 8.20. The van der Waals surface area contributed by atoms with Crippen LogP contribution in [-0.2, 0) is 24.6 Å². The van der Waals surface area contributed by atoms with Crippen LogP contribution in [-0.4, -0.2) is 55.4 Å². The highest BCUT2D eigenvalue weighted by molar-refractivity contribution is 7.14. The highest BCUT2D eigenvalue weighted by atomic mass is 32.1. The summed E-state index contributed by atoms with van der Waals surface area (Å²) in [6, 6.07) is 6.55. The molecule has 0 spiro atoms. The Morgan fingerprint density at radius 3 is 2.84 bits per heavy atom. The molecule has 2 unspecified atom stereocenters. The molecule has 2 fully saturated rings. The first-order chi connectivity index (χ1) is 15.4. The van der Waals surface area contributed by atoms with Gasteiger partial charge in [-0.3, -0.25) is 14.6 Å². The van der Waals surface area contributed by atoms with E-state index in [9.17, 15) is 14.4 Å². The molecule has 2 aromatic heterocycles. The zero-order chi connectivity index (χ0) is 22.7. The molecule has 2 aliphatic heterocycles. The predicted octanol–water partition coefficient (Wildman–Crippen LogP) is 0.746. The van der Waals surface area contributed by atoms with Crippen molar-refractivity contribution in [3.05, 3.63) is 41.0 Å². The summed E-state index contributed by atoms with van der Waals surface area (Å²) in [7, 11) is 0. The van der Waals surface area contributed by atoms with Crippen LogP contribution in [0.1, 0.15) is 17.0 Å². The van der Waals surface area contributed by atoms with Crippen LogP contribution in [0, 0.1) is 12.3 Å². The molecular weight excluding hydrogens is 436 g/mol. The maximum Gasteiger partial charge on any atom is 0.414 e. The fourth-order valence-electron chi connectivity index (χ4n) is 3.74. The molecule has 10 nitrogen and oxygen atoms in total. The number of hydrogen-bond donors (Lipinski definition) is 2. The van der Waals surface area contributed by atoms with Gasteiger partial charge >= 0.3 is 6.09 Å². The van der Waals surface area contributed by atoms with Crippen molar-refractivity contribution in [1.82, 2.24) is 10.3 Å². The molecule has 4 heterocycles. The molecule has 0 saturated carbocycles. The number of carbonyl (C=O) groups excluding carboxylic acids is 3. The van der Waals surface area contributed by atoms with Gasteiger partial charge in [0.25, 0.3) is 5.91 Å². The summed E-state index contributed by atoms with van der Waals surface area (Å²) in [5.74, 6) is 1.54. The second kappa shape index (κ2) is 8.96. The number of terminal acetylenes is 1. The van der Waals surface area contributed by atoms with Gasteiger partial charge in [-0.05, 0) is 24.3 Å². The zero-order valence-corrected chi connectivity index (χ0v) is 17.7. The maximum atomic E-state index is 12.7. The lowest BCUT2D eigenvalue weighted by Crippen LogP contribution is -2.56. The molecule has 166 valence electrons. The van der Waals surface area contributed by atoms with Crippen LogP contribution >= 0.6 is 11.3 Å². The number of hydrogen-bond acceptors (Lipinski definition) is 8. The van der Waals surface area contributed by atoms with E-state index in [0.29, 0.717) is 34.5 Å². The van der Waals surface area contributed by atoms with Gasteiger partial charge in [-0.2, -0.15) is 0 Å². The molecule has 0 aliphatic carbocycles. The minimum absolute atomic E-state index is 0.000779. The largest absolute Gasteiger partial charge is 0.414 e. The quantitative estimate of drug-likeness (QED) is 0.634. The molecule has 0 aromatic carbocycles. The fraction of sp³-hybridized carbons (Fsp3) is 0.333. The second-order valence-electron chi connectivity index (χ2n) is 7.15. The van der Waals surface area contributed by atoms with E-state index < -0.39 is 23.6 Å². The van der Waals surface area contributed by atoms with Gasteiger partial charge in [-0.15, -0.1) is 6.42 Å². The average Bonchev–Trinajstić information content (AvgIpc) is 3.41. The van der Waals surface area contributed by atoms with Crippen LogP contribution in [0.15, 0.2) is 30.5 Å². The molecular formula is C21H20N4O6S. The predicted molar refractivity (Wildman–Crippen MR) is 114 cm³/mol. The standard InChI is InChI=1S/C21H20N4O6S/c1-2-14-4-6-17(32-14)31-20(28)24-21(7-9-30-18(21)19(22)27)15-5-3-13(11-23-15)25-8-10-29-12-16(25)26/h1,3-6,11,18H,7-10,12H2,(H2,22,27)(H,24,28). The number of nitrogens with two attached hydrogens (primary N) is 1. The van der Waals surface area contributed by atoms with E-state index in [0.717, 1.165) is 11.3 Å². The number of morpholine rings is 1. The first kappa shape index (κ1) is 21.8. The Morgan fingerprint density at radius 2 is 2.19 bits per heavy atom. The number of amides is 3. The van der Waals surface area contributed by atoms with Gasteiger partial charge in [0, 0.05) is 13.0 Å². The monoisotopic (exact) mass is 456 g/mol. The summed E-state index contributed by atoms with van der Waals surface area (Å²) < 4.78 is 16.0. The molecule has 0 bridgehead atoms. The summed E-state index contributed by atoms with van der Waals surface area (Å²) in [5.41, 5.74) is 5.16. The molecule has 11 heteroatoms. The first-order valence-corrected chi connectivity index (χ1v) is 10.6. The van der Waals surface area contributed by atoms with Crippen molar-refractivity contribution in [1.29, 1.82) is 0 Å². The van der Waals surface area contributed by atoms with Crippen molar-refractivity contribution in [2.45, 2.75) is 18.1 Å². The van der Waals surface area contributed by atoms with Gasteiger partial charge in [0.15, 0.2) is 11.2 Å². The lowest BCUT2D eigenvalue weighted by atomic mass is 9.86. The molecule has 4 rings (SSSR count). The molecule has 3 amide bonds. The summed E-state index contributed by atoms with van der Waals surface area (Å²) in [6.45, 7) is 1.01. The molecule has 2 aromatic rings. The van der Waals surface area contributed by atoms with Crippen molar-refractivity contribution in [2.75, 3.05) is 31.3 Å². The Labute approximate surface area is 187 Å². The van der Waals surface area contributed by atoms with Gasteiger partial charge in [0.05, 0.1) is 35.7 Å². The number of thiophene rings is 1. The zero-order valence-electron chi connectivity index (χ0n) is 16.9. The molecule has 0 radical (unpaired) electrons. The summed E-state index contributed by atoms with van der Waals surface area (Å²) >= 11 is 1.13. The van der Waals surface area contributed by atoms with Crippen molar-refractivity contribution >= 4 is 34.9 Å². The minimum atomic E-state index is -1.33. The van der Waals surface area contributed by atoms with Gasteiger partial charge in [0.1, 0.15) is 12.1 Å². The van der Waals surface area contributed by atoms with Crippen molar-refractivity contribution in [3.8, 4) is 17.4 Å². The number of pyridine rings is 1. The Bertz CT molecular complexity index is 1080. The third kappa shape index (κ3) is 4.16. The molecule has 3 N–H and O–H groups in total. The molecule has 2 atom stereocenters. The van der Waals surface area contributed by atoms with E-state index in [4.69, 9.17) is 26.4 Å². The van der Waals surface area contributed by atoms with E-state index in [-0.39, 0.29) is 25.5 Å². The minimum Gasteiger partial charge on any atom is -0.399 e. The van der Waals surface area contributed by atoms with Gasteiger partial charge in [-0.25, -0.2) is 4.79 Å². The Morgan fingerprint density at radius 1 is 1.34 bits per heavy atom. The van der Waals surface area contributed by atoms with Gasteiger partial charge < -0.3 is 30.2 Å². The smallest absolute Gasteiger partial charge is 0.399 e. The van der Waals surface area contributed by atoms with Crippen molar-refractivity contribution in [3.63, 3.8) is 0 Å². The third-order valence-electron chi connectivity index (χ3n) is 5.23. The van der Waals surface area contributed by atoms with E-state index in [1.165, 1.54) is 6.20 Å². The normalized spacial score (nSPS) is 22.9. The summed E-state index contributed by atoms with van der Waals surface area (Å²) in [5, 5.41) is 3.03. The Hall–Kier alpha value is -3.46. The SMILES string of the molecule is C#Cc1ccc(OC(=O)NC2(c3ccc(N4CCOCC4=O)cn3)CCOC2C(N)=O)s1. The first-order valence-electron chi connectivity index (χ1n) is 9.75. The van der Waals surface area contributed by atoms with Crippen LogP contribution in [0.2, 0.25) is 0 Å². The van der Waals surface area contributed by atoms with Crippen molar-refractivity contribution < 1.29 is 28.6 Å². The van der Waals surface area contributed by atoms with E-state index in [2.05, 4.69) is 16.2 Å². The Kier molecular flexibility index (Phi) is 6.09. The molecule has 2 aliphatic rings. The number of rotatable bonds is 5. The average molecular weight is 456 g/mol. The van der Waals surface area contributed by atoms with E-state index in [1.807, 2.05) is 0 Å². The van der Waals surface area contributed by atoms with Gasteiger partial charge in [0.2, 0.25) is 5.91 Å². The summed E-state index contributed by atoms with van der Waals surface area (Å²) in [4.78, 5) is 43.5. The van der Waals surface area contributed by atoms with Crippen molar-refractivity contribution in [2.24, 2.45) is 5.73 Å². The van der Waals surface area contributed by atoms with Crippen LogP contribution in [0.5, 0.6) is 5.06 Å². The number of nitrogens with zero attached hydrogens (tertiary/aromatic N) is 2. The van der Waals surface area contributed by atoms with Crippen LogP contribution in [0.25, 0.3) is 0 Å². The highest BCUT2D eigenvalue weighted by Crippen LogP contribution is 2.36. The maximum absolute atomic E-state index is 12.7. The molecule has 2 saturated heterocycles. The number of primary amides is 1. The summed E-state index contributed by atoms with van der Waals surface area (Å²) in [6.07, 6.45) is 5.14. The number of aromatic nitrogens is 1.